The second kappa shape index (κ2) is 7.63. The van der Waals surface area contributed by atoms with E-state index in [4.69, 9.17) is 9.26 Å². The summed E-state index contributed by atoms with van der Waals surface area (Å²) in [5.74, 6) is 0.576. The van der Waals surface area contributed by atoms with E-state index in [1.165, 1.54) is 11.3 Å². The van der Waals surface area contributed by atoms with Crippen molar-refractivity contribution in [1.29, 1.82) is 0 Å². The van der Waals surface area contributed by atoms with E-state index in [1.807, 2.05) is 19.2 Å². The highest BCUT2D eigenvalue weighted by molar-refractivity contribution is 7.13. The van der Waals surface area contributed by atoms with Crippen LogP contribution >= 0.6 is 11.3 Å². The summed E-state index contributed by atoms with van der Waals surface area (Å²) >= 11 is 1.45. The maximum absolute atomic E-state index is 12.2. The molecule has 0 aromatic carbocycles. The van der Waals surface area contributed by atoms with Gasteiger partial charge in [-0.3, -0.25) is 9.69 Å². The Morgan fingerprint density at radius 3 is 2.72 bits per heavy atom. The van der Waals surface area contributed by atoms with Crippen molar-refractivity contribution in [3.8, 4) is 0 Å². The van der Waals surface area contributed by atoms with Crippen molar-refractivity contribution in [2.24, 2.45) is 0 Å². The lowest BCUT2D eigenvalue weighted by Gasteiger charge is -2.34. The molecule has 0 bridgehead atoms. The van der Waals surface area contributed by atoms with Gasteiger partial charge < -0.3 is 14.6 Å². The van der Waals surface area contributed by atoms with Crippen molar-refractivity contribution in [3.05, 3.63) is 28.1 Å². The fourth-order valence-electron chi connectivity index (χ4n) is 3.16. The molecule has 2 aromatic heterocycles. The first-order valence-electron chi connectivity index (χ1n) is 8.44. The molecule has 1 N–H and O–H groups in total. The number of rotatable bonds is 5. The monoisotopic (exact) mass is 364 g/mol. The minimum absolute atomic E-state index is 0.107. The Morgan fingerprint density at radius 2 is 2.08 bits per heavy atom. The number of hydrogen-bond acceptors (Lipinski definition) is 7. The molecule has 0 unspecified atom stereocenters. The van der Waals surface area contributed by atoms with Gasteiger partial charge in [0.05, 0.1) is 30.0 Å². The van der Waals surface area contributed by atoms with Gasteiger partial charge in [0.15, 0.2) is 5.13 Å². The van der Waals surface area contributed by atoms with Crippen LogP contribution in [0, 0.1) is 13.8 Å². The topological polar surface area (TPSA) is 80.5 Å². The number of carbonyl (C=O) groups is 1. The van der Waals surface area contributed by atoms with E-state index >= 15 is 0 Å². The number of amides is 1. The SMILES string of the molecule is Cc1noc(C)c1CC(=O)Nc1nc(CN2C[C@@H](C)O[C@H](C)C2)cs1. The molecule has 25 heavy (non-hydrogen) atoms. The third-order valence-electron chi connectivity index (χ3n) is 4.20. The zero-order valence-electron chi connectivity index (χ0n) is 15.0. The molecule has 7 nitrogen and oxygen atoms in total. The molecule has 8 heteroatoms. The van der Waals surface area contributed by atoms with Crippen LogP contribution < -0.4 is 5.32 Å². The molecule has 0 saturated carbocycles. The number of nitrogens with zero attached hydrogens (tertiary/aromatic N) is 3. The molecule has 1 amide bonds. The lowest BCUT2D eigenvalue weighted by Crippen LogP contribution is -2.44. The van der Waals surface area contributed by atoms with Crippen LogP contribution in [0.1, 0.15) is 36.6 Å². The lowest BCUT2D eigenvalue weighted by molar-refractivity contribution is -0.115. The Hall–Kier alpha value is -1.77. The summed E-state index contributed by atoms with van der Waals surface area (Å²) in [6.45, 7) is 10.4. The normalized spacial score (nSPS) is 21.4. The second-order valence-electron chi connectivity index (χ2n) is 6.62. The molecule has 3 rings (SSSR count). The summed E-state index contributed by atoms with van der Waals surface area (Å²) in [4.78, 5) is 19.1. The van der Waals surface area contributed by atoms with E-state index in [9.17, 15) is 4.79 Å². The van der Waals surface area contributed by atoms with Crippen molar-refractivity contribution in [1.82, 2.24) is 15.0 Å². The third-order valence-corrected chi connectivity index (χ3v) is 5.00. The van der Waals surface area contributed by atoms with Gasteiger partial charge in [-0.2, -0.15) is 0 Å². The fraction of sp³-hybridized carbons (Fsp3) is 0.588. The first-order valence-corrected chi connectivity index (χ1v) is 9.32. The largest absolute Gasteiger partial charge is 0.373 e. The van der Waals surface area contributed by atoms with Crippen LogP contribution in [0.25, 0.3) is 0 Å². The summed E-state index contributed by atoms with van der Waals surface area (Å²) < 4.78 is 10.8. The Bertz CT molecular complexity index is 713. The number of aromatic nitrogens is 2. The zero-order chi connectivity index (χ0) is 18.0. The molecule has 1 fully saturated rings. The van der Waals surface area contributed by atoms with Gasteiger partial charge in [0, 0.05) is 30.6 Å². The van der Waals surface area contributed by atoms with Crippen LogP contribution in [0.3, 0.4) is 0 Å². The average Bonchev–Trinajstić information content (AvgIpc) is 3.07. The van der Waals surface area contributed by atoms with Gasteiger partial charge in [0.2, 0.25) is 5.91 Å². The average molecular weight is 364 g/mol. The standard InChI is InChI=1S/C17H24N4O3S/c1-10-6-21(7-11(2)23-10)8-14-9-25-17(18-14)19-16(22)5-15-12(3)20-24-13(15)4/h9-11H,5-8H2,1-4H3,(H,18,19,22)/t10-,11-/m1/s1. The molecule has 136 valence electrons. The molecular formula is C17H24N4O3S. The van der Waals surface area contributed by atoms with E-state index in [0.717, 1.165) is 36.6 Å². The van der Waals surface area contributed by atoms with Crippen LogP contribution in [-0.2, 0) is 22.5 Å². The molecule has 3 heterocycles. The van der Waals surface area contributed by atoms with Crippen LogP contribution in [0.4, 0.5) is 5.13 Å². The van der Waals surface area contributed by atoms with Gasteiger partial charge in [-0.1, -0.05) is 5.16 Å². The number of thiazole rings is 1. The van der Waals surface area contributed by atoms with Crippen molar-refractivity contribution in [2.45, 2.75) is 52.9 Å². The maximum Gasteiger partial charge on any atom is 0.230 e. The van der Waals surface area contributed by atoms with Gasteiger partial charge in [0.25, 0.3) is 0 Å². The maximum atomic E-state index is 12.2. The summed E-state index contributed by atoms with van der Waals surface area (Å²) in [5.41, 5.74) is 2.56. The lowest BCUT2D eigenvalue weighted by atomic mass is 10.1. The van der Waals surface area contributed by atoms with Crippen molar-refractivity contribution < 1.29 is 14.1 Å². The minimum atomic E-state index is -0.107. The predicted molar refractivity (Wildman–Crippen MR) is 95.7 cm³/mol. The highest BCUT2D eigenvalue weighted by atomic mass is 32.1. The Morgan fingerprint density at radius 1 is 1.36 bits per heavy atom. The van der Waals surface area contributed by atoms with Crippen molar-refractivity contribution >= 4 is 22.4 Å². The van der Waals surface area contributed by atoms with Crippen LogP contribution in [0.15, 0.2) is 9.90 Å². The number of morpholine rings is 1. The molecular weight excluding hydrogens is 340 g/mol. The predicted octanol–water partition coefficient (Wildman–Crippen LogP) is 2.54. The van der Waals surface area contributed by atoms with E-state index < -0.39 is 0 Å². The highest BCUT2D eigenvalue weighted by Crippen LogP contribution is 2.20. The van der Waals surface area contributed by atoms with Crippen molar-refractivity contribution in [3.63, 3.8) is 0 Å². The van der Waals surface area contributed by atoms with E-state index in [0.29, 0.717) is 10.9 Å². The van der Waals surface area contributed by atoms with Crippen LogP contribution in [0.2, 0.25) is 0 Å². The van der Waals surface area contributed by atoms with Gasteiger partial charge in [-0.15, -0.1) is 11.3 Å². The summed E-state index contributed by atoms with van der Waals surface area (Å²) in [6.07, 6.45) is 0.711. The summed E-state index contributed by atoms with van der Waals surface area (Å²) in [6, 6.07) is 0. The number of carbonyl (C=O) groups excluding carboxylic acids is 1. The van der Waals surface area contributed by atoms with Crippen LogP contribution in [0.5, 0.6) is 0 Å². The van der Waals surface area contributed by atoms with Gasteiger partial charge in [0.1, 0.15) is 5.76 Å². The Labute approximate surface area is 151 Å². The van der Waals surface area contributed by atoms with Gasteiger partial charge in [-0.25, -0.2) is 4.98 Å². The minimum Gasteiger partial charge on any atom is -0.373 e. The number of anilines is 1. The Kier molecular flexibility index (Phi) is 5.51. The molecule has 1 aliphatic heterocycles. The zero-order valence-corrected chi connectivity index (χ0v) is 15.9. The summed E-state index contributed by atoms with van der Waals surface area (Å²) in [7, 11) is 0. The molecule has 0 spiro atoms. The first-order chi connectivity index (χ1) is 11.9. The van der Waals surface area contributed by atoms with E-state index in [1.54, 1.807) is 0 Å². The smallest absolute Gasteiger partial charge is 0.230 e. The number of nitrogens with one attached hydrogen (secondary N) is 1. The molecule has 1 aliphatic rings. The third kappa shape index (κ3) is 4.65. The molecule has 0 aliphatic carbocycles. The highest BCUT2D eigenvalue weighted by Gasteiger charge is 2.23. The molecule has 1 saturated heterocycles. The first kappa shape index (κ1) is 18.0. The number of ether oxygens (including phenoxy) is 1. The van der Waals surface area contributed by atoms with Gasteiger partial charge in [-0.05, 0) is 27.7 Å². The van der Waals surface area contributed by atoms with Gasteiger partial charge >= 0.3 is 0 Å². The van der Waals surface area contributed by atoms with E-state index in [2.05, 4.69) is 34.2 Å². The second-order valence-corrected chi connectivity index (χ2v) is 7.48. The van der Waals surface area contributed by atoms with E-state index in [-0.39, 0.29) is 24.5 Å². The van der Waals surface area contributed by atoms with Crippen molar-refractivity contribution in [2.75, 3.05) is 18.4 Å². The molecule has 0 radical (unpaired) electrons. The molecule has 2 aromatic rings. The number of aryl methyl sites for hydroxylation is 2. The Balaban J connectivity index is 1.55. The quantitative estimate of drug-likeness (QED) is 0.878. The van der Waals surface area contributed by atoms with Crippen LogP contribution in [-0.4, -0.2) is 46.2 Å². The number of hydrogen-bond donors (Lipinski definition) is 1. The summed E-state index contributed by atoms with van der Waals surface area (Å²) in [5, 5.41) is 9.36. The molecule has 2 atom stereocenters. The fourth-order valence-corrected chi connectivity index (χ4v) is 3.88.